The van der Waals surface area contributed by atoms with Crippen LogP contribution in [-0.2, 0) is 0 Å². The first-order valence-electron chi connectivity index (χ1n) is 6.25. The fourth-order valence-electron chi connectivity index (χ4n) is 2.21. The summed E-state index contributed by atoms with van der Waals surface area (Å²) in [6, 6.07) is 10.4. The average molecular weight is 320 g/mol. The van der Waals surface area contributed by atoms with Crippen molar-refractivity contribution in [1.82, 2.24) is 4.98 Å². The second-order valence-electron chi connectivity index (χ2n) is 4.57. The zero-order chi connectivity index (χ0) is 15.0. The normalized spacial score (nSPS) is 10.8. The first-order chi connectivity index (χ1) is 10.1. The lowest BCUT2D eigenvalue weighted by Gasteiger charge is -2.03. The molecular formula is C16H11Cl2NO2. The van der Waals surface area contributed by atoms with Crippen molar-refractivity contribution in [3.63, 3.8) is 0 Å². The minimum atomic E-state index is -0.118. The van der Waals surface area contributed by atoms with E-state index in [1.54, 1.807) is 31.5 Å². The van der Waals surface area contributed by atoms with Crippen molar-refractivity contribution >= 4 is 39.9 Å². The van der Waals surface area contributed by atoms with E-state index in [4.69, 9.17) is 27.9 Å². The number of fused-ring (bicyclic) bond motifs is 1. The number of rotatable bonds is 3. The lowest BCUT2D eigenvalue weighted by Crippen LogP contribution is -2.00. The second kappa shape index (κ2) is 5.43. The van der Waals surface area contributed by atoms with Gasteiger partial charge in [-0.2, -0.15) is 0 Å². The summed E-state index contributed by atoms with van der Waals surface area (Å²) in [6.45, 7) is 0. The van der Waals surface area contributed by atoms with E-state index in [1.165, 1.54) is 0 Å². The Bertz CT molecular complexity index is 839. The van der Waals surface area contributed by atoms with E-state index in [0.29, 0.717) is 26.9 Å². The maximum atomic E-state index is 12.6. The van der Waals surface area contributed by atoms with Gasteiger partial charge in [0.05, 0.1) is 17.2 Å². The molecule has 5 heteroatoms. The lowest BCUT2D eigenvalue weighted by molar-refractivity contribution is 0.104. The van der Waals surface area contributed by atoms with Crippen LogP contribution in [0.3, 0.4) is 0 Å². The first kappa shape index (κ1) is 14.0. The molecule has 0 atom stereocenters. The maximum absolute atomic E-state index is 12.6. The van der Waals surface area contributed by atoms with Crippen LogP contribution in [0.15, 0.2) is 42.6 Å². The summed E-state index contributed by atoms with van der Waals surface area (Å²) in [6.07, 6.45) is 1.69. The number of halogens is 2. The van der Waals surface area contributed by atoms with Crippen molar-refractivity contribution in [1.29, 1.82) is 0 Å². The molecule has 0 saturated heterocycles. The molecule has 1 N–H and O–H groups in total. The molecule has 0 fully saturated rings. The Hall–Kier alpha value is -1.97. The summed E-state index contributed by atoms with van der Waals surface area (Å²) < 4.78 is 5.20. The van der Waals surface area contributed by atoms with Gasteiger partial charge < -0.3 is 9.72 Å². The monoisotopic (exact) mass is 319 g/mol. The van der Waals surface area contributed by atoms with E-state index in [9.17, 15) is 4.79 Å². The van der Waals surface area contributed by atoms with Gasteiger partial charge in [-0.05, 0) is 36.4 Å². The largest absolute Gasteiger partial charge is 0.497 e. The molecule has 1 heterocycles. The van der Waals surface area contributed by atoms with Crippen molar-refractivity contribution in [2.24, 2.45) is 0 Å². The minimum absolute atomic E-state index is 0.118. The first-order valence-corrected chi connectivity index (χ1v) is 7.00. The summed E-state index contributed by atoms with van der Waals surface area (Å²) in [5.74, 6) is 0.582. The van der Waals surface area contributed by atoms with Crippen LogP contribution >= 0.6 is 23.2 Å². The number of methoxy groups -OCH3 is 1. The van der Waals surface area contributed by atoms with E-state index in [2.05, 4.69) is 4.98 Å². The predicted octanol–water partition coefficient (Wildman–Crippen LogP) is 4.71. The number of nitrogens with one attached hydrogen (secondary N) is 1. The number of H-pyrrole nitrogens is 1. The van der Waals surface area contributed by atoms with Gasteiger partial charge in [-0.15, -0.1) is 0 Å². The summed E-state index contributed by atoms with van der Waals surface area (Å²) in [4.78, 5) is 15.7. The number of hydrogen-bond acceptors (Lipinski definition) is 2. The highest BCUT2D eigenvalue weighted by atomic mass is 35.5. The van der Waals surface area contributed by atoms with E-state index in [0.717, 1.165) is 10.9 Å². The Morgan fingerprint density at radius 2 is 1.90 bits per heavy atom. The Morgan fingerprint density at radius 3 is 2.62 bits per heavy atom. The molecule has 0 radical (unpaired) electrons. The Kier molecular flexibility index (Phi) is 3.62. The number of ketones is 1. The number of hydrogen-bond donors (Lipinski definition) is 1. The molecule has 2 aromatic carbocycles. The number of benzene rings is 2. The minimum Gasteiger partial charge on any atom is -0.497 e. The Morgan fingerprint density at radius 1 is 1.10 bits per heavy atom. The van der Waals surface area contributed by atoms with Crippen LogP contribution in [-0.4, -0.2) is 17.9 Å². The molecular weight excluding hydrogens is 309 g/mol. The second-order valence-corrected chi connectivity index (χ2v) is 5.39. The third-order valence-electron chi connectivity index (χ3n) is 3.32. The topological polar surface area (TPSA) is 42.1 Å². The summed E-state index contributed by atoms with van der Waals surface area (Å²) in [5, 5.41) is 1.60. The highest BCUT2D eigenvalue weighted by Crippen LogP contribution is 2.28. The van der Waals surface area contributed by atoms with E-state index < -0.39 is 0 Å². The number of ether oxygens (including phenoxy) is 1. The van der Waals surface area contributed by atoms with Crippen LogP contribution in [0.25, 0.3) is 10.9 Å². The van der Waals surface area contributed by atoms with Gasteiger partial charge in [0.2, 0.25) is 0 Å². The van der Waals surface area contributed by atoms with Gasteiger partial charge >= 0.3 is 0 Å². The van der Waals surface area contributed by atoms with E-state index in [-0.39, 0.29) is 5.78 Å². The van der Waals surface area contributed by atoms with Crippen LogP contribution in [0.2, 0.25) is 10.0 Å². The van der Waals surface area contributed by atoms with Crippen LogP contribution in [0.1, 0.15) is 15.9 Å². The molecule has 0 saturated carbocycles. The molecule has 3 aromatic rings. The molecule has 3 nitrogen and oxygen atoms in total. The summed E-state index contributed by atoms with van der Waals surface area (Å²) >= 11 is 11.9. The zero-order valence-corrected chi connectivity index (χ0v) is 12.6. The SMILES string of the molecule is COc1ccc2[nH]cc(C(=O)c3ccc(Cl)c(Cl)c3)c2c1. The molecule has 21 heavy (non-hydrogen) atoms. The maximum Gasteiger partial charge on any atom is 0.195 e. The molecule has 0 aliphatic carbocycles. The smallest absolute Gasteiger partial charge is 0.195 e. The predicted molar refractivity (Wildman–Crippen MR) is 84.7 cm³/mol. The Balaban J connectivity index is 2.10. The highest BCUT2D eigenvalue weighted by molar-refractivity contribution is 6.42. The number of aromatic nitrogens is 1. The van der Waals surface area contributed by atoms with Gasteiger partial charge in [0, 0.05) is 28.2 Å². The molecule has 0 aliphatic heterocycles. The molecule has 0 aliphatic rings. The Labute approximate surface area is 131 Å². The molecule has 3 rings (SSSR count). The third-order valence-corrected chi connectivity index (χ3v) is 4.05. The van der Waals surface area contributed by atoms with Gasteiger partial charge in [-0.3, -0.25) is 4.79 Å². The average Bonchev–Trinajstić information content (AvgIpc) is 2.92. The standard InChI is InChI=1S/C16H11Cl2NO2/c1-21-10-3-5-15-11(7-10)12(8-19-15)16(20)9-2-4-13(17)14(18)6-9/h2-8,19H,1H3. The van der Waals surface area contributed by atoms with Gasteiger partial charge in [-0.25, -0.2) is 0 Å². The van der Waals surface area contributed by atoms with Crippen LogP contribution < -0.4 is 4.74 Å². The van der Waals surface area contributed by atoms with Crippen molar-refractivity contribution in [2.75, 3.05) is 7.11 Å². The van der Waals surface area contributed by atoms with Crippen molar-refractivity contribution in [3.8, 4) is 5.75 Å². The van der Waals surface area contributed by atoms with E-state index in [1.807, 2.05) is 18.2 Å². The molecule has 0 bridgehead atoms. The van der Waals surface area contributed by atoms with Gasteiger partial charge in [-0.1, -0.05) is 23.2 Å². The molecule has 1 aromatic heterocycles. The van der Waals surface area contributed by atoms with Gasteiger partial charge in [0.1, 0.15) is 5.75 Å². The molecule has 0 amide bonds. The number of aromatic amines is 1. The molecule has 106 valence electrons. The highest BCUT2D eigenvalue weighted by Gasteiger charge is 2.15. The van der Waals surface area contributed by atoms with Crippen molar-refractivity contribution in [3.05, 3.63) is 63.8 Å². The van der Waals surface area contributed by atoms with Gasteiger partial charge in [0.15, 0.2) is 5.78 Å². The third kappa shape index (κ3) is 2.50. The quantitative estimate of drug-likeness (QED) is 0.710. The molecule has 0 spiro atoms. The number of carbonyl (C=O) groups is 1. The fourth-order valence-corrected chi connectivity index (χ4v) is 2.51. The fraction of sp³-hybridized carbons (Fsp3) is 0.0625. The van der Waals surface area contributed by atoms with E-state index >= 15 is 0 Å². The van der Waals surface area contributed by atoms with Gasteiger partial charge in [0.25, 0.3) is 0 Å². The van der Waals surface area contributed by atoms with Crippen molar-refractivity contribution < 1.29 is 9.53 Å². The van der Waals surface area contributed by atoms with Crippen LogP contribution in [0.5, 0.6) is 5.75 Å². The molecule has 0 unspecified atom stereocenters. The zero-order valence-electron chi connectivity index (χ0n) is 11.1. The number of carbonyl (C=O) groups excluding carboxylic acids is 1. The summed E-state index contributed by atoms with van der Waals surface area (Å²) in [7, 11) is 1.59. The van der Waals surface area contributed by atoms with Crippen molar-refractivity contribution in [2.45, 2.75) is 0 Å². The van der Waals surface area contributed by atoms with Crippen LogP contribution in [0.4, 0.5) is 0 Å². The van der Waals surface area contributed by atoms with Crippen LogP contribution in [0, 0.1) is 0 Å². The summed E-state index contributed by atoms with van der Waals surface area (Å²) in [5.41, 5.74) is 1.94. The lowest BCUT2D eigenvalue weighted by atomic mass is 10.0.